The van der Waals surface area contributed by atoms with E-state index in [-0.39, 0.29) is 31.2 Å². The van der Waals surface area contributed by atoms with Crippen molar-refractivity contribution in [3.05, 3.63) is 70.9 Å². The Morgan fingerprint density at radius 1 is 1.10 bits per heavy atom. The first-order valence-corrected chi connectivity index (χ1v) is 9.19. The largest absolute Gasteiger partial charge is 0.408 e. The van der Waals surface area contributed by atoms with Gasteiger partial charge in [-0.15, -0.1) is 0 Å². The molecule has 0 aliphatic carbocycles. The van der Waals surface area contributed by atoms with Crippen LogP contribution in [0.4, 0.5) is 19.1 Å². The average Bonchev–Trinajstić information content (AvgIpc) is 2.72. The minimum Gasteiger partial charge on any atom is -0.330 e. The Morgan fingerprint density at radius 2 is 1.90 bits per heavy atom. The van der Waals surface area contributed by atoms with Gasteiger partial charge >= 0.3 is 6.18 Å². The highest BCUT2D eigenvalue weighted by Gasteiger charge is 2.46. The first-order chi connectivity index (χ1) is 13.9. The number of anilines is 1. The lowest BCUT2D eigenvalue weighted by Crippen LogP contribution is -2.53. The number of nitrogens with zero attached hydrogens (tertiary/aromatic N) is 5. The van der Waals surface area contributed by atoms with Crippen LogP contribution in [0.5, 0.6) is 0 Å². The molecule has 9 heteroatoms. The molecule has 1 aromatic carbocycles. The Kier molecular flexibility index (Phi) is 5.04. The molecule has 0 radical (unpaired) electrons. The van der Waals surface area contributed by atoms with Crippen molar-refractivity contribution < 1.29 is 13.2 Å². The van der Waals surface area contributed by atoms with Crippen LogP contribution in [-0.2, 0) is 13.0 Å². The van der Waals surface area contributed by atoms with Crippen LogP contribution in [0.1, 0.15) is 12.0 Å². The molecule has 0 bridgehead atoms. The second kappa shape index (κ2) is 7.65. The molecule has 1 atom stereocenters. The topological polar surface area (TPSA) is 63.9 Å². The minimum absolute atomic E-state index is 0.0237. The minimum atomic E-state index is -4.43. The highest BCUT2D eigenvalue weighted by atomic mass is 19.4. The molecule has 0 saturated carbocycles. The summed E-state index contributed by atoms with van der Waals surface area (Å²) in [5.41, 5.74) is 1.14. The van der Waals surface area contributed by atoms with Crippen molar-refractivity contribution in [2.75, 3.05) is 11.4 Å². The van der Waals surface area contributed by atoms with E-state index in [1.807, 2.05) is 30.3 Å². The van der Waals surface area contributed by atoms with Gasteiger partial charge in [0.15, 0.2) is 0 Å². The number of benzene rings is 1. The van der Waals surface area contributed by atoms with Gasteiger partial charge in [0.1, 0.15) is 12.4 Å². The van der Waals surface area contributed by atoms with Gasteiger partial charge in [-0.1, -0.05) is 30.3 Å². The van der Waals surface area contributed by atoms with E-state index in [1.54, 1.807) is 6.07 Å². The van der Waals surface area contributed by atoms with E-state index < -0.39 is 17.8 Å². The summed E-state index contributed by atoms with van der Waals surface area (Å²) in [6.07, 6.45) is -1.42. The summed E-state index contributed by atoms with van der Waals surface area (Å²) in [7, 11) is 0. The van der Waals surface area contributed by atoms with Crippen LogP contribution < -0.4 is 10.5 Å². The van der Waals surface area contributed by atoms with Crippen molar-refractivity contribution in [1.29, 1.82) is 0 Å². The van der Waals surface area contributed by atoms with E-state index in [2.05, 4.69) is 15.0 Å². The summed E-state index contributed by atoms with van der Waals surface area (Å²) in [6, 6.07) is 10.4. The standard InChI is InChI=1S/C20H18F3N5O/c21-20(22,23)17-8-11-28-18(29)12-16(15-6-9-24-13-25-15)26-19(28)27(17)10-7-14-4-2-1-3-5-14/h1-6,9,12-13,17H,7-8,10-11H2. The molecule has 6 nitrogen and oxygen atoms in total. The molecule has 4 rings (SSSR count). The Morgan fingerprint density at radius 3 is 2.59 bits per heavy atom. The third-order valence-electron chi connectivity index (χ3n) is 4.95. The third-order valence-corrected chi connectivity index (χ3v) is 4.95. The van der Waals surface area contributed by atoms with Gasteiger partial charge in [-0.2, -0.15) is 13.2 Å². The van der Waals surface area contributed by atoms with E-state index in [4.69, 9.17) is 0 Å². The number of fused-ring (bicyclic) bond motifs is 1. The van der Waals surface area contributed by atoms with Crippen LogP contribution in [0.25, 0.3) is 11.4 Å². The van der Waals surface area contributed by atoms with Crippen LogP contribution in [0, 0.1) is 0 Å². The van der Waals surface area contributed by atoms with Gasteiger partial charge in [0.2, 0.25) is 5.95 Å². The molecule has 0 N–H and O–H groups in total. The number of alkyl halides is 3. The van der Waals surface area contributed by atoms with Gasteiger partial charge in [0.05, 0.1) is 11.4 Å². The Balaban J connectivity index is 1.76. The van der Waals surface area contributed by atoms with Crippen molar-refractivity contribution in [2.24, 2.45) is 0 Å². The molecule has 1 unspecified atom stereocenters. The summed E-state index contributed by atoms with van der Waals surface area (Å²) in [4.78, 5) is 26.1. The lowest BCUT2D eigenvalue weighted by molar-refractivity contribution is -0.152. The second-order valence-electron chi connectivity index (χ2n) is 6.80. The lowest BCUT2D eigenvalue weighted by atomic mass is 10.1. The molecule has 3 heterocycles. The zero-order valence-corrected chi connectivity index (χ0v) is 15.4. The number of rotatable bonds is 4. The lowest BCUT2D eigenvalue weighted by Gasteiger charge is -2.39. The normalized spacial score (nSPS) is 16.5. The number of hydrogen-bond donors (Lipinski definition) is 0. The van der Waals surface area contributed by atoms with Gasteiger partial charge in [0, 0.05) is 25.4 Å². The number of hydrogen-bond acceptors (Lipinski definition) is 5. The first-order valence-electron chi connectivity index (χ1n) is 9.19. The number of aromatic nitrogens is 4. The van der Waals surface area contributed by atoms with E-state index in [9.17, 15) is 18.0 Å². The fraction of sp³-hybridized carbons (Fsp3) is 0.300. The molecular weight excluding hydrogens is 383 g/mol. The van der Waals surface area contributed by atoms with Crippen molar-refractivity contribution in [2.45, 2.75) is 31.6 Å². The fourth-order valence-corrected chi connectivity index (χ4v) is 3.53. The summed E-state index contributed by atoms with van der Waals surface area (Å²) >= 11 is 0. The molecule has 150 valence electrons. The Hall–Kier alpha value is -3.23. The van der Waals surface area contributed by atoms with Crippen LogP contribution in [0.15, 0.2) is 59.8 Å². The maximum Gasteiger partial charge on any atom is 0.408 e. The van der Waals surface area contributed by atoms with Gasteiger partial charge in [-0.3, -0.25) is 9.36 Å². The average molecular weight is 401 g/mol. The molecular formula is C20H18F3N5O. The maximum absolute atomic E-state index is 13.8. The highest BCUT2D eigenvalue weighted by molar-refractivity contribution is 5.55. The SMILES string of the molecule is O=c1cc(-c2ccncn2)nc2n1CCC(C(F)(F)F)N2CCc1ccccc1. The van der Waals surface area contributed by atoms with E-state index in [0.29, 0.717) is 12.1 Å². The molecule has 0 fully saturated rings. The molecule has 2 aromatic heterocycles. The molecule has 1 aliphatic heterocycles. The Bertz CT molecular complexity index is 1040. The second-order valence-corrected chi connectivity index (χ2v) is 6.80. The third kappa shape index (κ3) is 3.98. The summed E-state index contributed by atoms with van der Waals surface area (Å²) in [5.74, 6) is 0.0237. The van der Waals surface area contributed by atoms with Gasteiger partial charge in [-0.25, -0.2) is 15.0 Å². The molecule has 0 saturated heterocycles. The maximum atomic E-state index is 13.8. The zero-order chi connectivity index (χ0) is 20.4. The smallest absolute Gasteiger partial charge is 0.330 e. The van der Waals surface area contributed by atoms with Crippen LogP contribution >= 0.6 is 0 Å². The molecule has 1 aliphatic rings. The van der Waals surface area contributed by atoms with Crippen LogP contribution in [-0.4, -0.2) is 38.3 Å². The Labute approximate surface area is 164 Å². The predicted octanol–water partition coefficient (Wildman–Crippen LogP) is 3.08. The molecule has 0 spiro atoms. The highest BCUT2D eigenvalue weighted by Crippen LogP contribution is 2.34. The summed E-state index contributed by atoms with van der Waals surface area (Å²) in [6.45, 7) is 0.0606. The predicted molar refractivity (Wildman–Crippen MR) is 101 cm³/mol. The number of halogens is 3. The van der Waals surface area contributed by atoms with Crippen molar-refractivity contribution in [3.8, 4) is 11.4 Å². The first kappa shape index (κ1) is 19.1. The zero-order valence-electron chi connectivity index (χ0n) is 15.4. The molecule has 0 amide bonds. The molecule has 29 heavy (non-hydrogen) atoms. The van der Waals surface area contributed by atoms with E-state index in [1.165, 1.54) is 28.1 Å². The summed E-state index contributed by atoms with van der Waals surface area (Å²) in [5, 5.41) is 0. The van der Waals surface area contributed by atoms with E-state index in [0.717, 1.165) is 5.56 Å². The van der Waals surface area contributed by atoms with Crippen molar-refractivity contribution in [1.82, 2.24) is 19.5 Å². The fourth-order valence-electron chi connectivity index (χ4n) is 3.53. The van der Waals surface area contributed by atoms with Crippen molar-refractivity contribution in [3.63, 3.8) is 0 Å². The van der Waals surface area contributed by atoms with Crippen LogP contribution in [0.2, 0.25) is 0 Å². The quantitative estimate of drug-likeness (QED) is 0.672. The monoisotopic (exact) mass is 401 g/mol. The van der Waals surface area contributed by atoms with Gasteiger partial charge in [0.25, 0.3) is 5.56 Å². The van der Waals surface area contributed by atoms with Gasteiger partial charge in [-0.05, 0) is 24.5 Å². The van der Waals surface area contributed by atoms with E-state index >= 15 is 0 Å². The van der Waals surface area contributed by atoms with Crippen molar-refractivity contribution >= 4 is 5.95 Å². The summed E-state index contributed by atoms with van der Waals surface area (Å²) < 4.78 is 42.6. The van der Waals surface area contributed by atoms with Crippen LogP contribution in [0.3, 0.4) is 0 Å². The molecule has 3 aromatic rings. The van der Waals surface area contributed by atoms with Gasteiger partial charge < -0.3 is 4.90 Å².